The van der Waals surface area contributed by atoms with Crippen molar-refractivity contribution in [1.29, 1.82) is 0 Å². The third-order valence-electron chi connectivity index (χ3n) is 1.62. The van der Waals surface area contributed by atoms with Crippen molar-refractivity contribution in [2.75, 3.05) is 11.1 Å². The summed E-state index contributed by atoms with van der Waals surface area (Å²) in [6.45, 7) is 0. The molecule has 0 unspecified atom stereocenters. The summed E-state index contributed by atoms with van der Waals surface area (Å²) in [5.41, 5.74) is 7.13. The molecule has 0 fully saturated rings. The summed E-state index contributed by atoms with van der Waals surface area (Å²) < 4.78 is 0. The molecule has 2 aromatic heterocycles. The summed E-state index contributed by atoms with van der Waals surface area (Å²) in [7, 11) is 0. The fraction of sp³-hybridized carbons (Fsp3) is 0. The molecule has 0 bridgehead atoms. The standard InChI is InChI=1S/C8H9N5/c9-6-1-3-10-5-7(6)12-8-2-4-11-13-8/h1-5H,(H2,9,10)(H2,11,12,13). The molecule has 0 radical (unpaired) electrons. The van der Waals surface area contributed by atoms with Crippen molar-refractivity contribution >= 4 is 17.2 Å². The van der Waals surface area contributed by atoms with Crippen LogP contribution in [0.3, 0.4) is 0 Å². The zero-order chi connectivity index (χ0) is 9.10. The van der Waals surface area contributed by atoms with Gasteiger partial charge in [0.15, 0.2) is 0 Å². The predicted molar refractivity (Wildman–Crippen MR) is 50.5 cm³/mol. The number of anilines is 3. The molecule has 0 aromatic carbocycles. The van der Waals surface area contributed by atoms with Crippen LogP contribution in [0.15, 0.2) is 30.7 Å². The smallest absolute Gasteiger partial charge is 0.125 e. The van der Waals surface area contributed by atoms with Gasteiger partial charge in [0.05, 0.1) is 23.8 Å². The van der Waals surface area contributed by atoms with Gasteiger partial charge in [0.25, 0.3) is 0 Å². The highest BCUT2D eigenvalue weighted by Crippen LogP contribution is 2.18. The Morgan fingerprint density at radius 1 is 1.31 bits per heavy atom. The number of hydrogen-bond donors (Lipinski definition) is 3. The van der Waals surface area contributed by atoms with Crippen LogP contribution in [0.2, 0.25) is 0 Å². The van der Waals surface area contributed by atoms with Gasteiger partial charge in [-0.25, -0.2) is 0 Å². The molecule has 66 valence electrons. The maximum Gasteiger partial charge on any atom is 0.125 e. The van der Waals surface area contributed by atoms with E-state index in [2.05, 4.69) is 20.5 Å². The van der Waals surface area contributed by atoms with Crippen molar-refractivity contribution in [1.82, 2.24) is 15.2 Å². The Labute approximate surface area is 75.0 Å². The first-order chi connectivity index (χ1) is 6.36. The van der Waals surface area contributed by atoms with Crippen molar-refractivity contribution in [3.05, 3.63) is 30.7 Å². The van der Waals surface area contributed by atoms with Crippen LogP contribution in [-0.2, 0) is 0 Å². The van der Waals surface area contributed by atoms with Gasteiger partial charge in [0, 0.05) is 12.3 Å². The van der Waals surface area contributed by atoms with E-state index in [1.54, 1.807) is 24.7 Å². The Morgan fingerprint density at radius 2 is 2.23 bits per heavy atom. The van der Waals surface area contributed by atoms with Crippen LogP contribution in [0.5, 0.6) is 0 Å². The number of nitrogens with two attached hydrogens (primary N) is 1. The molecule has 0 saturated heterocycles. The zero-order valence-electron chi connectivity index (χ0n) is 6.86. The third kappa shape index (κ3) is 1.58. The number of aromatic nitrogens is 3. The topological polar surface area (TPSA) is 79.6 Å². The van der Waals surface area contributed by atoms with Gasteiger partial charge >= 0.3 is 0 Å². The molecular formula is C8H9N5. The number of pyridine rings is 1. The van der Waals surface area contributed by atoms with E-state index in [-0.39, 0.29) is 0 Å². The van der Waals surface area contributed by atoms with Crippen molar-refractivity contribution in [2.24, 2.45) is 0 Å². The number of nitrogens with one attached hydrogen (secondary N) is 2. The average Bonchev–Trinajstić information content (AvgIpc) is 2.61. The minimum Gasteiger partial charge on any atom is -0.397 e. The fourth-order valence-electron chi connectivity index (χ4n) is 0.980. The lowest BCUT2D eigenvalue weighted by Crippen LogP contribution is -1.96. The second-order valence-corrected chi connectivity index (χ2v) is 2.56. The number of aromatic amines is 1. The van der Waals surface area contributed by atoms with E-state index in [1.807, 2.05) is 6.07 Å². The normalized spacial score (nSPS) is 9.85. The summed E-state index contributed by atoms with van der Waals surface area (Å²) in [5, 5.41) is 9.61. The number of rotatable bonds is 2. The van der Waals surface area contributed by atoms with Crippen LogP contribution in [-0.4, -0.2) is 15.2 Å². The minimum atomic E-state index is 0.657. The van der Waals surface area contributed by atoms with Gasteiger partial charge in [-0.3, -0.25) is 10.1 Å². The van der Waals surface area contributed by atoms with Crippen LogP contribution < -0.4 is 11.1 Å². The molecule has 5 heteroatoms. The highest BCUT2D eigenvalue weighted by Gasteiger charge is 1.98. The number of nitrogens with zero attached hydrogens (tertiary/aromatic N) is 2. The van der Waals surface area contributed by atoms with Crippen molar-refractivity contribution in [3.63, 3.8) is 0 Å². The summed E-state index contributed by atoms with van der Waals surface area (Å²) in [4.78, 5) is 3.95. The number of hydrogen-bond acceptors (Lipinski definition) is 4. The molecule has 0 amide bonds. The third-order valence-corrected chi connectivity index (χ3v) is 1.62. The number of nitrogen functional groups attached to an aromatic ring is 1. The Kier molecular flexibility index (Phi) is 1.84. The Morgan fingerprint density at radius 3 is 2.92 bits per heavy atom. The molecule has 0 spiro atoms. The summed E-state index contributed by atoms with van der Waals surface area (Å²) in [6.07, 6.45) is 4.97. The van der Waals surface area contributed by atoms with E-state index in [4.69, 9.17) is 5.73 Å². The maximum atomic E-state index is 5.70. The second kappa shape index (κ2) is 3.14. The average molecular weight is 175 g/mol. The molecule has 13 heavy (non-hydrogen) atoms. The molecular weight excluding hydrogens is 166 g/mol. The lowest BCUT2D eigenvalue weighted by atomic mass is 10.3. The van der Waals surface area contributed by atoms with Crippen LogP contribution in [0.25, 0.3) is 0 Å². The van der Waals surface area contributed by atoms with Gasteiger partial charge in [-0.15, -0.1) is 0 Å². The lowest BCUT2D eigenvalue weighted by molar-refractivity contribution is 1.09. The lowest BCUT2D eigenvalue weighted by Gasteiger charge is -2.04. The Hall–Kier alpha value is -2.04. The van der Waals surface area contributed by atoms with Crippen LogP contribution >= 0.6 is 0 Å². The van der Waals surface area contributed by atoms with E-state index < -0.39 is 0 Å². The number of H-pyrrole nitrogens is 1. The first-order valence-corrected chi connectivity index (χ1v) is 3.82. The molecule has 0 saturated carbocycles. The minimum absolute atomic E-state index is 0.657. The molecule has 4 N–H and O–H groups in total. The summed E-state index contributed by atoms with van der Waals surface area (Å²) >= 11 is 0. The van der Waals surface area contributed by atoms with E-state index in [0.717, 1.165) is 11.5 Å². The molecule has 0 atom stereocenters. The molecule has 0 aliphatic rings. The van der Waals surface area contributed by atoms with Gasteiger partial charge in [0.2, 0.25) is 0 Å². The van der Waals surface area contributed by atoms with E-state index in [0.29, 0.717) is 5.69 Å². The van der Waals surface area contributed by atoms with E-state index in [1.165, 1.54) is 0 Å². The summed E-state index contributed by atoms with van der Waals surface area (Å²) in [5.74, 6) is 0.791. The maximum absolute atomic E-state index is 5.70. The highest BCUT2D eigenvalue weighted by atomic mass is 15.2. The molecule has 0 aliphatic heterocycles. The molecule has 2 rings (SSSR count). The zero-order valence-corrected chi connectivity index (χ0v) is 6.86. The van der Waals surface area contributed by atoms with Gasteiger partial charge in [-0.1, -0.05) is 0 Å². The quantitative estimate of drug-likeness (QED) is 0.639. The summed E-state index contributed by atoms with van der Waals surface area (Å²) in [6, 6.07) is 3.55. The van der Waals surface area contributed by atoms with E-state index >= 15 is 0 Å². The molecule has 5 nitrogen and oxygen atoms in total. The largest absolute Gasteiger partial charge is 0.397 e. The van der Waals surface area contributed by atoms with Gasteiger partial charge in [0.1, 0.15) is 5.82 Å². The van der Waals surface area contributed by atoms with E-state index in [9.17, 15) is 0 Å². The second-order valence-electron chi connectivity index (χ2n) is 2.56. The SMILES string of the molecule is Nc1ccncc1Nc1ccn[nH]1. The van der Waals surface area contributed by atoms with Crippen LogP contribution in [0.4, 0.5) is 17.2 Å². The molecule has 2 aromatic rings. The van der Waals surface area contributed by atoms with Crippen molar-refractivity contribution in [2.45, 2.75) is 0 Å². The fourth-order valence-corrected chi connectivity index (χ4v) is 0.980. The molecule has 0 aliphatic carbocycles. The predicted octanol–water partition coefficient (Wildman–Crippen LogP) is 1.13. The first-order valence-electron chi connectivity index (χ1n) is 3.82. The van der Waals surface area contributed by atoms with Crippen molar-refractivity contribution in [3.8, 4) is 0 Å². The van der Waals surface area contributed by atoms with Gasteiger partial charge < -0.3 is 11.1 Å². The Bertz CT molecular complexity index is 381. The van der Waals surface area contributed by atoms with Crippen LogP contribution in [0.1, 0.15) is 0 Å². The van der Waals surface area contributed by atoms with Gasteiger partial charge in [-0.2, -0.15) is 5.10 Å². The van der Waals surface area contributed by atoms with Gasteiger partial charge in [-0.05, 0) is 6.07 Å². The highest BCUT2D eigenvalue weighted by molar-refractivity contribution is 5.69. The van der Waals surface area contributed by atoms with Crippen molar-refractivity contribution < 1.29 is 0 Å². The molecule has 2 heterocycles. The Balaban J connectivity index is 2.24. The monoisotopic (exact) mass is 175 g/mol. The first kappa shape index (κ1) is 7.60. The van der Waals surface area contributed by atoms with Crippen LogP contribution in [0, 0.1) is 0 Å².